The number of aromatic nitrogens is 3. The minimum atomic E-state index is -0.445. The van der Waals surface area contributed by atoms with E-state index in [9.17, 15) is 4.79 Å². The van der Waals surface area contributed by atoms with E-state index in [-0.39, 0.29) is 25.1 Å². The fourth-order valence-electron chi connectivity index (χ4n) is 2.48. The largest absolute Gasteiger partial charge is 0.460 e. The maximum absolute atomic E-state index is 11.4. The zero-order valence-electron chi connectivity index (χ0n) is 15.2. The standard InChI is InChI=1S/C21H21N3O3/c1-15(2)20(25)26-13-14-27-21-23-18(16-9-5-3-6-10-16)22-19(24-21)17-11-7-4-8-12-17/h3-11,17H,1,12-14H2,2H3. The van der Waals surface area contributed by atoms with Crippen molar-refractivity contribution in [2.45, 2.75) is 19.3 Å². The highest BCUT2D eigenvalue weighted by atomic mass is 16.6. The van der Waals surface area contributed by atoms with Gasteiger partial charge in [0.15, 0.2) is 5.82 Å². The van der Waals surface area contributed by atoms with Crippen molar-refractivity contribution in [3.8, 4) is 17.4 Å². The molecule has 6 nitrogen and oxygen atoms in total. The van der Waals surface area contributed by atoms with Crippen LogP contribution in [0.3, 0.4) is 0 Å². The second kappa shape index (κ2) is 8.89. The molecule has 2 aromatic rings. The first kappa shape index (κ1) is 18.5. The van der Waals surface area contributed by atoms with E-state index in [0.717, 1.165) is 12.0 Å². The number of nitrogens with zero attached hydrogens (tertiary/aromatic N) is 3. The van der Waals surface area contributed by atoms with E-state index >= 15 is 0 Å². The highest BCUT2D eigenvalue weighted by Crippen LogP contribution is 2.25. The molecule has 1 heterocycles. The molecule has 0 saturated carbocycles. The molecule has 0 bridgehead atoms. The molecular formula is C21H21N3O3. The number of hydrogen-bond donors (Lipinski definition) is 0. The van der Waals surface area contributed by atoms with Gasteiger partial charge in [0.25, 0.3) is 0 Å². The number of hydrogen-bond acceptors (Lipinski definition) is 6. The minimum absolute atomic E-state index is 0.0732. The zero-order chi connectivity index (χ0) is 19.1. The van der Waals surface area contributed by atoms with Crippen molar-refractivity contribution in [3.63, 3.8) is 0 Å². The second-order valence-electron chi connectivity index (χ2n) is 6.09. The molecule has 1 aliphatic rings. The van der Waals surface area contributed by atoms with Crippen molar-refractivity contribution < 1.29 is 14.3 Å². The maximum Gasteiger partial charge on any atom is 0.333 e. The molecule has 1 aromatic heterocycles. The smallest absolute Gasteiger partial charge is 0.333 e. The summed E-state index contributed by atoms with van der Waals surface area (Å²) in [4.78, 5) is 24.9. The van der Waals surface area contributed by atoms with E-state index in [1.165, 1.54) is 0 Å². The van der Waals surface area contributed by atoms with Crippen molar-refractivity contribution in [2.75, 3.05) is 13.2 Å². The Morgan fingerprint density at radius 1 is 1.15 bits per heavy atom. The summed E-state index contributed by atoms with van der Waals surface area (Å²) in [6.07, 6.45) is 8.95. The lowest BCUT2D eigenvalue weighted by Gasteiger charge is -2.14. The molecular weight excluding hydrogens is 342 g/mol. The molecule has 138 valence electrons. The lowest BCUT2D eigenvalue weighted by Crippen LogP contribution is -2.15. The molecule has 1 aromatic carbocycles. The van der Waals surface area contributed by atoms with Gasteiger partial charge in [0.2, 0.25) is 0 Å². The Hall–Kier alpha value is -3.28. The lowest BCUT2D eigenvalue weighted by molar-refractivity contribution is -0.139. The fourth-order valence-corrected chi connectivity index (χ4v) is 2.48. The van der Waals surface area contributed by atoms with Crippen LogP contribution in [0, 0.1) is 0 Å². The van der Waals surface area contributed by atoms with Crippen LogP contribution in [0.2, 0.25) is 0 Å². The zero-order valence-corrected chi connectivity index (χ0v) is 15.2. The molecule has 0 N–H and O–H groups in total. The predicted octanol–water partition coefficient (Wildman–Crippen LogP) is 3.64. The van der Waals surface area contributed by atoms with Crippen LogP contribution >= 0.6 is 0 Å². The summed E-state index contributed by atoms with van der Waals surface area (Å²) in [7, 11) is 0. The number of benzene rings is 1. The third kappa shape index (κ3) is 5.10. The summed E-state index contributed by atoms with van der Waals surface area (Å²) < 4.78 is 10.7. The Balaban J connectivity index is 1.77. The van der Waals surface area contributed by atoms with Crippen LogP contribution in [0.25, 0.3) is 11.4 Å². The van der Waals surface area contributed by atoms with Crippen molar-refractivity contribution in [1.29, 1.82) is 0 Å². The Kier molecular flexibility index (Phi) is 6.10. The van der Waals surface area contributed by atoms with Gasteiger partial charge in [-0.2, -0.15) is 9.97 Å². The molecule has 1 atom stereocenters. The van der Waals surface area contributed by atoms with Gasteiger partial charge in [-0.05, 0) is 13.3 Å². The van der Waals surface area contributed by atoms with Gasteiger partial charge in [0.05, 0.1) is 0 Å². The Morgan fingerprint density at radius 3 is 2.67 bits per heavy atom. The van der Waals surface area contributed by atoms with E-state index in [4.69, 9.17) is 9.47 Å². The first-order chi connectivity index (χ1) is 13.1. The van der Waals surface area contributed by atoms with Crippen LogP contribution < -0.4 is 4.74 Å². The number of esters is 1. The molecule has 27 heavy (non-hydrogen) atoms. The molecule has 1 aliphatic carbocycles. The van der Waals surface area contributed by atoms with Gasteiger partial charge in [0.1, 0.15) is 19.0 Å². The molecule has 0 radical (unpaired) electrons. The van der Waals surface area contributed by atoms with Gasteiger partial charge in [-0.15, -0.1) is 0 Å². The van der Waals surface area contributed by atoms with E-state index < -0.39 is 5.97 Å². The normalized spacial score (nSPS) is 15.4. The van der Waals surface area contributed by atoms with Crippen LogP contribution in [0.1, 0.15) is 25.1 Å². The molecule has 0 spiro atoms. The van der Waals surface area contributed by atoms with E-state index in [1.54, 1.807) is 6.92 Å². The first-order valence-corrected chi connectivity index (χ1v) is 8.73. The van der Waals surface area contributed by atoms with Gasteiger partial charge in [-0.1, -0.05) is 61.2 Å². The maximum atomic E-state index is 11.4. The molecule has 1 unspecified atom stereocenters. The van der Waals surface area contributed by atoms with Crippen LogP contribution in [0.4, 0.5) is 0 Å². The van der Waals surface area contributed by atoms with E-state index in [1.807, 2.05) is 42.5 Å². The first-order valence-electron chi connectivity index (χ1n) is 8.73. The number of allylic oxidation sites excluding steroid dienone is 4. The van der Waals surface area contributed by atoms with Crippen LogP contribution in [-0.4, -0.2) is 34.1 Å². The Labute approximate surface area is 158 Å². The molecule has 6 heteroatoms. The summed E-state index contributed by atoms with van der Waals surface area (Å²) >= 11 is 0. The monoisotopic (exact) mass is 363 g/mol. The number of rotatable bonds is 7. The summed E-state index contributed by atoms with van der Waals surface area (Å²) in [5, 5.41) is 0. The van der Waals surface area contributed by atoms with Crippen molar-refractivity contribution >= 4 is 5.97 Å². The second-order valence-corrected chi connectivity index (χ2v) is 6.09. The average Bonchev–Trinajstić information content (AvgIpc) is 2.72. The Bertz CT molecular complexity index is 875. The van der Waals surface area contributed by atoms with Crippen molar-refractivity contribution in [1.82, 2.24) is 15.0 Å². The molecule has 0 aliphatic heterocycles. The van der Waals surface area contributed by atoms with Crippen LogP contribution in [0.15, 0.2) is 66.8 Å². The Morgan fingerprint density at radius 2 is 1.96 bits per heavy atom. The van der Waals surface area contributed by atoms with Gasteiger partial charge in [-0.3, -0.25) is 0 Å². The van der Waals surface area contributed by atoms with Gasteiger partial charge < -0.3 is 9.47 Å². The molecule has 0 amide bonds. The number of carbonyl (C=O) groups is 1. The summed E-state index contributed by atoms with van der Waals surface area (Å²) in [6.45, 7) is 5.38. The molecule has 0 fully saturated rings. The average molecular weight is 363 g/mol. The summed E-state index contributed by atoms with van der Waals surface area (Å²) in [6, 6.07) is 9.89. The number of carbonyl (C=O) groups excluding carboxylic acids is 1. The number of ether oxygens (including phenoxy) is 2. The SMILES string of the molecule is C=C(C)C(=O)OCCOc1nc(-c2ccccc2)nc(C2C=CC=CC2)n1. The summed E-state index contributed by atoms with van der Waals surface area (Å²) in [5.41, 5.74) is 1.23. The third-order valence-corrected chi connectivity index (χ3v) is 3.87. The predicted molar refractivity (Wildman–Crippen MR) is 102 cm³/mol. The van der Waals surface area contributed by atoms with Crippen LogP contribution in [0.5, 0.6) is 6.01 Å². The fraction of sp³-hybridized carbons (Fsp3) is 0.238. The third-order valence-electron chi connectivity index (χ3n) is 3.87. The van der Waals surface area contributed by atoms with E-state index in [2.05, 4.69) is 33.7 Å². The van der Waals surface area contributed by atoms with Gasteiger partial charge in [0, 0.05) is 17.1 Å². The topological polar surface area (TPSA) is 74.2 Å². The van der Waals surface area contributed by atoms with E-state index in [0.29, 0.717) is 17.2 Å². The highest BCUT2D eigenvalue weighted by molar-refractivity contribution is 5.86. The van der Waals surface area contributed by atoms with Crippen LogP contribution in [-0.2, 0) is 9.53 Å². The molecule has 0 saturated heterocycles. The van der Waals surface area contributed by atoms with Gasteiger partial charge >= 0.3 is 12.0 Å². The van der Waals surface area contributed by atoms with Gasteiger partial charge in [-0.25, -0.2) is 9.78 Å². The minimum Gasteiger partial charge on any atom is -0.460 e. The quantitative estimate of drug-likeness (QED) is 0.425. The molecule has 3 rings (SSSR count). The highest BCUT2D eigenvalue weighted by Gasteiger charge is 2.17. The van der Waals surface area contributed by atoms with Crippen molar-refractivity contribution in [3.05, 3.63) is 72.6 Å². The summed E-state index contributed by atoms with van der Waals surface area (Å²) in [5.74, 6) is 0.832. The lowest BCUT2D eigenvalue weighted by atomic mass is 10.0. The van der Waals surface area contributed by atoms with Crippen molar-refractivity contribution in [2.24, 2.45) is 0 Å².